The number of aromatic nitrogens is 1. The van der Waals surface area contributed by atoms with Crippen LogP contribution < -0.4 is 4.74 Å². The Kier molecular flexibility index (Phi) is 6.57. The number of carbonyl (C=O) groups is 1. The zero-order valence-corrected chi connectivity index (χ0v) is 18.5. The van der Waals surface area contributed by atoms with Crippen LogP contribution in [0.25, 0.3) is 11.8 Å². The number of hydrogen-bond donors (Lipinski definition) is 0. The van der Waals surface area contributed by atoms with Gasteiger partial charge in [-0.15, -0.1) is 0 Å². The Bertz CT molecular complexity index is 1100. The maximum Gasteiger partial charge on any atom is 0.266 e. The maximum atomic E-state index is 13.2. The summed E-state index contributed by atoms with van der Waals surface area (Å²) in [6.07, 6.45) is 5.90. The fraction of sp³-hybridized carbons (Fsp3) is 0.200. The van der Waals surface area contributed by atoms with Crippen LogP contribution in [0.5, 0.6) is 5.75 Å². The van der Waals surface area contributed by atoms with E-state index < -0.39 is 0 Å². The first-order chi connectivity index (χ1) is 15.2. The number of aliphatic imine (C=N–C) groups is 1. The van der Waals surface area contributed by atoms with Gasteiger partial charge in [-0.1, -0.05) is 31.5 Å². The Morgan fingerprint density at radius 1 is 1.03 bits per heavy atom. The second-order valence-electron chi connectivity index (χ2n) is 7.15. The lowest BCUT2D eigenvalue weighted by Gasteiger charge is -2.14. The number of nitrogens with zero attached hydrogens (tertiary/aromatic N) is 3. The van der Waals surface area contributed by atoms with Crippen LogP contribution in [-0.2, 0) is 4.79 Å². The summed E-state index contributed by atoms with van der Waals surface area (Å²) < 4.78 is 7.31. The van der Waals surface area contributed by atoms with E-state index in [1.165, 1.54) is 11.8 Å². The highest BCUT2D eigenvalue weighted by Gasteiger charge is 2.33. The third-order valence-electron chi connectivity index (χ3n) is 5.01. The van der Waals surface area contributed by atoms with E-state index in [1.54, 1.807) is 12.0 Å². The first-order valence-electron chi connectivity index (χ1n) is 10.4. The van der Waals surface area contributed by atoms with Crippen molar-refractivity contribution in [1.29, 1.82) is 0 Å². The average molecular weight is 432 g/mol. The minimum atomic E-state index is 0.00983. The predicted molar refractivity (Wildman–Crippen MR) is 128 cm³/mol. The fourth-order valence-corrected chi connectivity index (χ4v) is 4.35. The maximum absolute atomic E-state index is 13.2. The van der Waals surface area contributed by atoms with Crippen molar-refractivity contribution in [1.82, 2.24) is 9.47 Å². The van der Waals surface area contributed by atoms with Crippen LogP contribution in [0.15, 0.2) is 82.8 Å². The normalized spacial score (nSPS) is 16.5. The van der Waals surface area contributed by atoms with Gasteiger partial charge in [0.2, 0.25) is 0 Å². The molecule has 6 heteroatoms. The molecule has 2 heterocycles. The molecule has 0 N–H and O–H groups in total. The molecular weight excluding hydrogens is 406 g/mol. The number of thioether (sulfide) groups is 1. The van der Waals surface area contributed by atoms with Gasteiger partial charge < -0.3 is 9.30 Å². The summed E-state index contributed by atoms with van der Waals surface area (Å²) in [5.41, 5.74) is 2.80. The molecule has 0 aliphatic carbocycles. The number of unbranched alkanes of at least 4 members (excludes halogenated alkanes) is 1. The van der Waals surface area contributed by atoms with E-state index >= 15 is 0 Å². The lowest BCUT2D eigenvalue weighted by Crippen LogP contribution is -2.30. The van der Waals surface area contributed by atoms with Gasteiger partial charge in [-0.2, -0.15) is 0 Å². The molecule has 1 aliphatic heterocycles. The quantitative estimate of drug-likeness (QED) is 0.438. The highest BCUT2D eigenvalue weighted by Crippen LogP contribution is 2.34. The van der Waals surface area contributed by atoms with Gasteiger partial charge in [0.25, 0.3) is 5.91 Å². The molecule has 158 valence electrons. The Morgan fingerprint density at radius 3 is 2.52 bits per heavy atom. The Hall–Kier alpha value is -3.25. The Balaban J connectivity index is 1.66. The van der Waals surface area contributed by atoms with Gasteiger partial charge in [0.15, 0.2) is 5.17 Å². The summed E-state index contributed by atoms with van der Waals surface area (Å²) in [5.74, 6) is 0.821. The lowest BCUT2D eigenvalue weighted by molar-refractivity contribution is -0.122. The molecule has 0 bridgehead atoms. The van der Waals surface area contributed by atoms with Crippen LogP contribution in [0.2, 0.25) is 0 Å². The van der Waals surface area contributed by atoms with E-state index in [9.17, 15) is 4.79 Å². The van der Waals surface area contributed by atoms with E-state index in [4.69, 9.17) is 9.73 Å². The summed E-state index contributed by atoms with van der Waals surface area (Å²) in [6, 6.07) is 21.6. The van der Waals surface area contributed by atoms with Gasteiger partial charge >= 0.3 is 0 Å². The summed E-state index contributed by atoms with van der Waals surface area (Å²) >= 11 is 1.43. The molecular formula is C25H25N3O2S. The van der Waals surface area contributed by atoms with Gasteiger partial charge in [0, 0.05) is 24.1 Å². The lowest BCUT2D eigenvalue weighted by atomic mass is 10.2. The van der Waals surface area contributed by atoms with Crippen LogP contribution in [0.1, 0.15) is 25.5 Å². The van der Waals surface area contributed by atoms with Gasteiger partial charge in [0.1, 0.15) is 5.75 Å². The number of amides is 1. The number of carbonyl (C=O) groups excluding carboxylic acids is 1. The van der Waals surface area contributed by atoms with Gasteiger partial charge in [-0.3, -0.25) is 9.69 Å². The monoisotopic (exact) mass is 431 g/mol. The summed E-state index contributed by atoms with van der Waals surface area (Å²) in [6.45, 7) is 2.80. The number of ether oxygens (including phenoxy) is 1. The van der Waals surface area contributed by atoms with E-state index in [-0.39, 0.29) is 5.91 Å². The second-order valence-corrected chi connectivity index (χ2v) is 8.16. The van der Waals surface area contributed by atoms with Crippen LogP contribution in [-0.4, -0.2) is 34.2 Å². The SMILES string of the molecule is CCCCN1C(=O)/C(=C/c2cccn2-c2ccc(OC)cc2)SC1=Nc1ccccc1. The molecule has 1 saturated heterocycles. The summed E-state index contributed by atoms with van der Waals surface area (Å²) in [4.78, 5) is 20.4. The molecule has 1 aromatic heterocycles. The van der Waals surface area contributed by atoms with Crippen molar-refractivity contribution in [2.45, 2.75) is 19.8 Å². The highest BCUT2D eigenvalue weighted by molar-refractivity contribution is 8.18. The fourth-order valence-electron chi connectivity index (χ4n) is 3.34. The molecule has 0 spiro atoms. The second kappa shape index (κ2) is 9.71. The molecule has 5 nitrogen and oxygen atoms in total. The predicted octanol–water partition coefficient (Wildman–Crippen LogP) is 5.89. The van der Waals surface area contributed by atoms with Crippen molar-refractivity contribution < 1.29 is 9.53 Å². The van der Waals surface area contributed by atoms with Crippen molar-refractivity contribution in [3.8, 4) is 11.4 Å². The van der Waals surface area contributed by atoms with E-state index in [0.717, 1.165) is 40.8 Å². The molecule has 1 aliphatic rings. The zero-order valence-electron chi connectivity index (χ0n) is 17.7. The molecule has 1 amide bonds. The van der Waals surface area contributed by atoms with Gasteiger partial charge in [-0.05, 0) is 72.8 Å². The smallest absolute Gasteiger partial charge is 0.266 e. The number of amidine groups is 1. The van der Waals surface area contributed by atoms with E-state index in [0.29, 0.717) is 11.4 Å². The molecule has 3 aromatic rings. The van der Waals surface area contributed by atoms with Gasteiger partial charge in [0.05, 0.1) is 17.7 Å². The van der Waals surface area contributed by atoms with Crippen molar-refractivity contribution in [2.24, 2.45) is 4.99 Å². The third-order valence-corrected chi connectivity index (χ3v) is 6.02. The number of methoxy groups -OCH3 is 1. The van der Waals surface area contributed by atoms with E-state index in [1.807, 2.05) is 79.0 Å². The zero-order chi connectivity index (χ0) is 21.6. The molecule has 4 rings (SSSR count). The topological polar surface area (TPSA) is 46.8 Å². The van der Waals surface area contributed by atoms with Crippen molar-refractivity contribution in [3.63, 3.8) is 0 Å². The first-order valence-corrected chi connectivity index (χ1v) is 11.2. The van der Waals surface area contributed by atoms with Crippen molar-refractivity contribution in [2.75, 3.05) is 13.7 Å². The standard InChI is InChI=1S/C25H25N3O2S/c1-3-4-16-28-24(29)23(31-25(28)26-19-9-6-5-7-10-19)18-21-11-8-17-27(21)20-12-14-22(30-2)15-13-20/h5-15,17-18H,3-4,16H2,1-2H3/b23-18-,26-25?. The summed E-state index contributed by atoms with van der Waals surface area (Å²) in [7, 11) is 1.66. The third kappa shape index (κ3) is 4.75. The van der Waals surface area contributed by atoms with Crippen LogP contribution >= 0.6 is 11.8 Å². The van der Waals surface area contributed by atoms with E-state index in [2.05, 4.69) is 11.5 Å². The largest absolute Gasteiger partial charge is 0.497 e. The molecule has 0 atom stereocenters. The number of hydrogen-bond acceptors (Lipinski definition) is 4. The number of para-hydroxylation sites is 1. The number of benzene rings is 2. The Labute approximate surface area is 187 Å². The molecule has 0 saturated carbocycles. The minimum absolute atomic E-state index is 0.00983. The summed E-state index contributed by atoms with van der Waals surface area (Å²) in [5, 5.41) is 0.735. The highest BCUT2D eigenvalue weighted by atomic mass is 32.2. The van der Waals surface area contributed by atoms with Crippen molar-refractivity contribution >= 4 is 34.6 Å². The molecule has 0 unspecified atom stereocenters. The van der Waals surface area contributed by atoms with Crippen LogP contribution in [0.4, 0.5) is 5.69 Å². The molecule has 31 heavy (non-hydrogen) atoms. The van der Waals surface area contributed by atoms with Crippen LogP contribution in [0, 0.1) is 0 Å². The van der Waals surface area contributed by atoms with Crippen molar-refractivity contribution in [3.05, 3.63) is 83.5 Å². The average Bonchev–Trinajstić information content (AvgIpc) is 3.38. The molecule has 0 radical (unpaired) electrons. The Morgan fingerprint density at radius 2 is 1.81 bits per heavy atom. The molecule has 2 aromatic carbocycles. The van der Waals surface area contributed by atoms with Crippen LogP contribution in [0.3, 0.4) is 0 Å². The molecule has 1 fully saturated rings. The van der Waals surface area contributed by atoms with Gasteiger partial charge in [-0.25, -0.2) is 4.99 Å². The first kappa shape index (κ1) is 21.0. The number of rotatable bonds is 7. The minimum Gasteiger partial charge on any atom is -0.497 e.